The first-order chi connectivity index (χ1) is 11.2. The van der Waals surface area contributed by atoms with Gasteiger partial charge in [0, 0.05) is 29.7 Å². The number of pyridine rings is 1. The Labute approximate surface area is 132 Å². The van der Waals surface area contributed by atoms with Gasteiger partial charge in [0.25, 0.3) is 5.91 Å². The first kappa shape index (κ1) is 14.8. The summed E-state index contributed by atoms with van der Waals surface area (Å²) in [5, 5.41) is 2.63. The summed E-state index contributed by atoms with van der Waals surface area (Å²) in [6.45, 7) is -0.0647. The number of nitrogens with one attached hydrogen (secondary N) is 1. The fraction of sp³-hybridized carbons (Fsp3) is 0.118. The lowest BCUT2D eigenvalue weighted by atomic mass is 10.1. The van der Waals surface area contributed by atoms with Crippen LogP contribution in [-0.4, -0.2) is 34.7 Å². The summed E-state index contributed by atoms with van der Waals surface area (Å²) >= 11 is 0. The largest absolute Gasteiger partial charge is 0.497 e. The van der Waals surface area contributed by atoms with Gasteiger partial charge < -0.3 is 14.5 Å². The molecule has 0 aliphatic heterocycles. The van der Waals surface area contributed by atoms with Crippen molar-refractivity contribution in [1.82, 2.24) is 14.7 Å². The zero-order valence-corrected chi connectivity index (χ0v) is 12.5. The summed E-state index contributed by atoms with van der Waals surface area (Å²) < 4.78 is 6.85. The first-order valence-corrected chi connectivity index (χ1v) is 7.05. The van der Waals surface area contributed by atoms with Crippen LogP contribution in [0.15, 0.2) is 55.0 Å². The van der Waals surface area contributed by atoms with E-state index in [4.69, 9.17) is 4.74 Å². The number of rotatable bonds is 5. The Balaban J connectivity index is 1.64. The number of hydrogen-bond acceptors (Lipinski definition) is 4. The standard InChI is InChI=1S/C17H15N3O3/c1-23-14-4-2-12(3-5-14)15(21)11-19-17(22)13-6-8-20-9-7-18-16(20)10-13/h2-10H,11H2,1H3,(H,19,22). The number of carbonyl (C=O) groups is 2. The minimum Gasteiger partial charge on any atom is -0.497 e. The van der Waals surface area contributed by atoms with Gasteiger partial charge in [0.1, 0.15) is 11.4 Å². The molecule has 3 rings (SSSR count). The Morgan fingerprint density at radius 3 is 2.65 bits per heavy atom. The van der Waals surface area contributed by atoms with Crippen LogP contribution in [0.5, 0.6) is 5.75 Å². The molecule has 0 aliphatic rings. The maximum atomic E-state index is 12.1. The lowest BCUT2D eigenvalue weighted by molar-refractivity contribution is 0.0904. The van der Waals surface area contributed by atoms with Crippen molar-refractivity contribution in [2.24, 2.45) is 0 Å². The fourth-order valence-corrected chi connectivity index (χ4v) is 2.19. The van der Waals surface area contributed by atoms with Gasteiger partial charge in [0.05, 0.1) is 13.7 Å². The van der Waals surface area contributed by atoms with E-state index < -0.39 is 0 Å². The topological polar surface area (TPSA) is 72.7 Å². The lowest BCUT2D eigenvalue weighted by Crippen LogP contribution is -2.29. The highest BCUT2D eigenvalue weighted by atomic mass is 16.5. The van der Waals surface area contributed by atoms with Crippen LogP contribution < -0.4 is 10.1 Å². The maximum Gasteiger partial charge on any atom is 0.251 e. The van der Waals surface area contributed by atoms with Crippen LogP contribution in [0.3, 0.4) is 0 Å². The highest BCUT2D eigenvalue weighted by Gasteiger charge is 2.11. The van der Waals surface area contributed by atoms with E-state index in [1.165, 1.54) is 0 Å². The number of Topliss-reactive ketones (excluding diaryl/α,β-unsaturated/α-hetero) is 1. The van der Waals surface area contributed by atoms with Crippen LogP contribution in [0.1, 0.15) is 20.7 Å². The normalized spacial score (nSPS) is 10.5. The minimum absolute atomic E-state index is 0.0647. The third-order valence-electron chi connectivity index (χ3n) is 3.48. The highest BCUT2D eigenvalue weighted by molar-refractivity contribution is 6.02. The van der Waals surface area contributed by atoms with Gasteiger partial charge in [-0.05, 0) is 36.4 Å². The van der Waals surface area contributed by atoms with Gasteiger partial charge >= 0.3 is 0 Å². The molecule has 0 fully saturated rings. The molecule has 0 atom stereocenters. The summed E-state index contributed by atoms with van der Waals surface area (Å²) in [5.41, 5.74) is 1.67. The van der Waals surface area contributed by atoms with Crippen LogP contribution in [0, 0.1) is 0 Å². The second kappa shape index (κ2) is 6.31. The van der Waals surface area contributed by atoms with Crippen molar-refractivity contribution in [2.75, 3.05) is 13.7 Å². The Morgan fingerprint density at radius 2 is 1.91 bits per heavy atom. The molecule has 2 heterocycles. The van der Waals surface area contributed by atoms with E-state index in [2.05, 4.69) is 10.3 Å². The third-order valence-corrected chi connectivity index (χ3v) is 3.48. The van der Waals surface area contributed by atoms with Crippen molar-refractivity contribution in [3.05, 3.63) is 66.1 Å². The quantitative estimate of drug-likeness (QED) is 0.731. The second-order valence-corrected chi connectivity index (χ2v) is 4.94. The van der Waals surface area contributed by atoms with E-state index in [1.807, 2.05) is 0 Å². The number of fused-ring (bicyclic) bond motifs is 1. The number of hydrogen-bond donors (Lipinski definition) is 1. The summed E-state index contributed by atoms with van der Waals surface area (Å²) in [6.07, 6.45) is 5.21. The predicted octanol–water partition coefficient (Wildman–Crippen LogP) is 1.96. The Hall–Kier alpha value is -3.15. The van der Waals surface area contributed by atoms with E-state index in [0.29, 0.717) is 22.5 Å². The van der Waals surface area contributed by atoms with Crippen molar-refractivity contribution < 1.29 is 14.3 Å². The van der Waals surface area contributed by atoms with Crippen LogP contribution in [0.25, 0.3) is 5.65 Å². The van der Waals surface area contributed by atoms with E-state index in [0.717, 1.165) is 0 Å². The highest BCUT2D eigenvalue weighted by Crippen LogP contribution is 2.11. The molecule has 1 amide bonds. The smallest absolute Gasteiger partial charge is 0.251 e. The molecular weight excluding hydrogens is 294 g/mol. The van der Waals surface area contributed by atoms with Crippen LogP contribution in [0.2, 0.25) is 0 Å². The number of ether oxygens (including phenoxy) is 1. The fourth-order valence-electron chi connectivity index (χ4n) is 2.19. The molecule has 1 aromatic carbocycles. The minimum atomic E-state index is -0.308. The summed E-state index contributed by atoms with van der Waals surface area (Å²) in [4.78, 5) is 28.3. The number of imidazole rings is 1. The molecule has 23 heavy (non-hydrogen) atoms. The van der Waals surface area contributed by atoms with E-state index >= 15 is 0 Å². The number of methoxy groups -OCH3 is 1. The molecule has 0 saturated heterocycles. The summed E-state index contributed by atoms with van der Waals surface area (Å²) in [6, 6.07) is 10.1. The van der Waals surface area contributed by atoms with Crippen LogP contribution in [0.4, 0.5) is 0 Å². The Kier molecular flexibility index (Phi) is 4.05. The SMILES string of the molecule is COc1ccc(C(=O)CNC(=O)c2ccn3ccnc3c2)cc1. The molecule has 2 aromatic heterocycles. The number of ketones is 1. The monoisotopic (exact) mass is 309 g/mol. The zero-order valence-electron chi connectivity index (χ0n) is 12.5. The van der Waals surface area contributed by atoms with Gasteiger partial charge in [-0.2, -0.15) is 0 Å². The van der Waals surface area contributed by atoms with Crippen LogP contribution >= 0.6 is 0 Å². The molecule has 0 spiro atoms. The van der Waals surface area contributed by atoms with Gasteiger partial charge in [0.2, 0.25) is 0 Å². The van der Waals surface area contributed by atoms with E-state index in [-0.39, 0.29) is 18.2 Å². The molecule has 6 nitrogen and oxygen atoms in total. The predicted molar refractivity (Wildman–Crippen MR) is 84.8 cm³/mol. The molecule has 6 heteroatoms. The number of nitrogens with zero attached hydrogens (tertiary/aromatic N) is 2. The van der Waals surface area contributed by atoms with Crippen LogP contribution in [-0.2, 0) is 0 Å². The van der Waals surface area contributed by atoms with Gasteiger partial charge in [-0.3, -0.25) is 9.59 Å². The number of carbonyl (C=O) groups excluding carboxylic acids is 2. The number of amides is 1. The zero-order chi connectivity index (χ0) is 16.2. The molecule has 1 N–H and O–H groups in total. The molecule has 0 aliphatic carbocycles. The second-order valence-electron chi connectivity index (χ2n) is 4.94. The molecule has 0 unspecified atom stereocenters. The van der Waals surface area contributed by atoms with Gasteiger partial charge in [-0.15, -0.1) is 0 Å². The number of aromatic nitrogens is 2. The van der Waals surface area contributed by atoms with Gasteiger partial charge in [-0.1, -0.05) is 0 Å². The first-order valence-electron chi connectivity index (χ1n) is 7.05. The van der Waals surface area contributed by atoms with Gasteiger partial charge in [-0.25, -0.2) is 4.98 Å². The van der Waals surface area contributed by atoms with Crippen molar-refractivity contribution in [2.45, 2.75) is 0 Å². The number of benzene rings is 1. The molecule has 116 valence electrons. The summed E-state index contributed by atoms with van der Waals surface area (Å²) in [7, 11) is 1.56. The maximum absolute atomic E-state index is 12.1. The third kappa shape index (κ3) is 3.21. The Morgan fingerprint density at radius 1 is 1.13 bits per heavy atom. The molecule has 0 radical (unpaired) electrons. The van der Waals surface area contributed by atoms with Crippen molar-refractivity contribution >= 4 is 17.3 Å². The molecule has 0 bridgehead atoms. The summed E-state index contributed by atoms with van der Waals surface area (Å²) in [5.74, 6) is 0.207. The molecule has 0 saturated carbocycles. The average Bonchev–Trinajstić information content (AvgIpc) is 3.07. The van der Waals surface area contributed by atoms with E-state index in [1.54, 1.807) is 66.5 Å². The average molecular weight is 309 g/mol. The molecular formula is C17H15N3O3. The lowest BCUT2D eigenvalue weighted by Gasteiger charge is -2.06. The van der Waals surface area contributed by atoms with Gasteiger partial charge in [0.15, 0.2) is 5.78 Å². The molecule has 3 aromatic rings. The van der Waals surface area contributed by atoms with Crippen molar-refractivity contribution in [3.8, 4) is 5.75 Å². The Bertz CT molecular complexity index is 853. The van der Waals surface area contributed by atoms with Crippen molar-refractivity contribution in [3.63, 3.8) is 0 Å². The van der Waals surface area contributed by atoms with Crippen molar-refractivity contribution in [1.29, 1.82) is 0 Å². The van der Waals surface area contributed by atoms with E-state index in [9.17, 15) is 9.59 Å².